The van der Waals surface area contributed by atoms with E-state index in [0.717, 1.165) is 0 Å². The number of amidine groups is 1. The summed E-state index contributed by atoms with van der Waals surface area (Å²) >= 11 is 1.20. The second-order valence-electron chi connectivity index (χ2n) is 7.46. The van der Waals surface area contributed by atoms with Gasteiger partial charge in [0.2, 0.25) is 17.6 Å². The fraction of sp³-hybridized carbons (Fsp3) is 0.632. The highest BCUT2D eigenvalue weighted by Gasteiger charge is 2.35. The molecule has 12 heteroatoms. The smallest absolute Gasteiger partial charge is 0.240 e. The van der Waals surface area contributed by atoms with E-state index in [2.05, 4.69) is 15.3 Å². The van der Waals surface area contributed by atoms with E-state index in [1.165, 1.54) is 22.4 Å². The quantitative estimate of drug-likeness (QED) is 0.107. The Labute approximate surface area is 185 Å². The second-order valence-corrected chi connectivity index (χ2v) is 8.35. The predicted molar refractivity (Wildman–Crippen MR) is 116 cm³/mol. The van der Waals surface area contributed by atoms with Gasteiger partial charge in [-0.3, -0.25) is 24.3 Å². The number of ketones is 1. The van der Waals surface area contributed by atoms with Crippen LogP contribution in [-0.4, -0.2) is 100 Å². The molecule has 5 N–H and O–H groups in total. The van der Waals surface area contributed by atoms with Crippen molar-refractivity contribution in [3.05, 3.63) is 16.6 Å². The number of piperazine rings is 1. The number of amides is 2. The summed E-state index contributed by atoms with van der Waals surface area (Å²) in [5.41, 5.74) is 5.53. The number of Topliss-reactive ketones (excluding diaryl/α,β-unsaturated/α-hetero) is 1. The first kappa shape index (κ1) is 24.9. The van der Waals surface area contributed by atoms with E-state index in [0.29, 0.717) is 43.3 Å². The lowest BCUT2D eigenvalue weighted by Crippen LogP contribution is -2.58. The molecule has 1 aliphatic rings. The molecule has 1 unspecified atom stereocenters. The van der Waals surface area contributed by atoms with Crippen LogP contribution in [0.4, 0.5) is 0 Å². The summed E-state index contributed by atoms with van der Waals surface area (Å²) in [6.45, 7) is 2.72. The van der Waals surface area contributed by atoms with Crippen LogP contribution in [0, 0.1) is 0 Å². The number of nitrogens with two attached hydrogens (primary N) is 1. The number of nitrogens with one attached hydrogen (secondary N) is 1. The first-order chi connectivity index (χ1) is 14.7. The van der Waals surface area contributed by atoms with E-state index in [4.69, 9.17) is 5.73 Å². The zero-order valence-electron chi connectivity index (χ0n) is 17.7. The van der Waals surface area contributed by atoms with Crippen molar-refractivity contribution in [3.8, 4) is 0 Å². The van der Waals surface area contributed by atoms with Crippen molar-refractivity contribution in [3.63, 3.8) is 0 Å². The Morgan fingerprint density at radius 2 is 2.16 bits per heavy atom. The molecule has 0 spiro atoms. The normalized spacial score (nSPS) is 19.0. The Balaban J connectivity index is 2.00. The minimum Gasteiger partial charge on any atom is -0.388 e. The lowest BCUT2D eigenvalue weighted by molar-refractivity contribution is -0.148. The highest BCUT2D eigenvalue weighted by Crippen LogP contribution is 2.15. The number of nitrogens with zero attached hydrogens (tertiary/aromatic N) is 4. The van der Waals surface area contributed by atoms with Gasteiger partial charge in [0.1, 0.15) is 0 Å². The van der Waals surface area contributed by atoms with E-state index < -0.39 is 24.3 Å². The summed E-state index contributed by atoms with van der Waals surface area (Å²) in [5, 5.41) is 23.2. The van der Waals surface area contributed by atoms with Gasteiger partial charge in [-0.15, -0.1) is 11.3 Å². The number of rotatable bonds is 11. The van der Waals surface area contributed by atoms with Crippen molar-refractivity contribution in [2.45, 2.75) is 44.6 Å². The summed E-state index contributed by atoms with van der Waals surface area (Å²) in [4.78, 5) is 49.3. The van der Waals surface area contributed by atoms with E-state index in [1.54, 1.807) is 24.3 Å². The number of hydrogen-bond acceptors (Lipinski definition) is 9. The minimum atomic E-state index is -1.62. The molecular weight excluding hydrogens is 424 g/mol. The molecule has 1 aromatic heterocycles. The number of carbonyl (C=O) groups excluding carboxylic acids is 3. The maximum atomic E-state index is 12.8. The monoisotopic (exact) mass is 454 g/mol. The molecule has 1 aliphatic heterocycles. The molecule has 0 saturated carbocycles. The molecule has 2 heterocycles. The molecule has 1 fully saturated rings. The molecule has 0 bridgehead atoms. The average Bonchev–Trinajstić information content (AvgIpc) is 3.23. The molecule has 1 saturated heterocycles. The van der Waals surface area contributed by atoms with Gasteiger partial charge >= 0.3 is 0 Å². The van der Waals surface area contributed by atoms with Crippen molar-refractivity contribution >= 4 is 34.8 Å². The van der Waals surface area contributed by atoms with Gasteiger partial charge in [-0.25, -0.2) is 4.98 Å². The van der Waals surface area contributed by atoms with Gasteiger partial charge in [0.05, 0.1) is 24.5 Å². The average molecular weight is 455 g/mol. The third-order valence-electron chi connectivity index (χ3n) is 4.93. The van der Waals surface area contributed by atoms with Gasteiger partial charge < -0.3 is 26.2 Å². The van der Waals surface area contributed by atoms with Gasteiger partial charge in [-0.05, 0) is 26.8 Å². The Hall–Kier alpha value is -2.41. The number of thiazole rings is 1. The lowest BCUT2D eigenvalue weighted by Gasteiger charge is -2.38. The number of aliphatic hydroxyl groups is 2. The van der Waals surface area contributed by atoms with Crippen LogP contribution >= 0.6 is 11.3 Å². The number of aliphatic imine (C=N–C) groups is 1. The summed E-state index contributed by atoms with van der Waals surface area (Å²) in [5.74, 6) is -0.659. The zero-order valence-corrected chi connectivity index (χ0v) is 18.5. The number of likely N-dealkylation sites (N-methyl/N-ethyl adjacent to an activating group) is 1. The van der Waals surface area contributed by atoms with Crippen LogP contribution in [0.1, 0.15) is 36.0 Å². The van der Waals surface area contributed by atoms with Crippen LogP contribution in [0.25, 0.3) is 0 Å². The van der Waals surface area contributed by atoms with Gasteiger partial charge in [-0.2, -0.15) is 0 Å². The Morgan fingerprint density at radius 1 is 1.42 bits per heavy atom. The van der Waals surface area contributed by atoms with Crippen molar-refractivity contribution in [1.82, 2.24) is 20.1 Å². The third kappa shape index (κ3) is 7.65. The summed E-state index contributed by atoms with van der Waals surface area (Å²) < 4.78 is 0. The molecule has 172 valence electrons. The molecule has 0 radical (unpaired) electrons. The van der Waals surface area contributed by atoms with Crippen LogP contribution in [-0.2, 0) is 9.59 Å². The van der Waals surface area contributed by atoms with E-state index in [-0.39, 0.29) is 24.7 Å². The Morgan fingerprint density at radius 3 is 2.77 bits per heavy atom. The third-order valence-corrected chi connectivity index (χ3v) is 5.71. The molecule has 0 aromatic carbocycles. The SMILES string of the molecule is CC(N)=NCCC[C@H](NC(=O)CN1CCN(C)C(CC(O)O)C1=O)C(=O)c1nccs1. The number of aromatic nitrogens is 1. The summed E-state index contributed by atoms with van der Waals surface area (Å²) in [6.07, 6.45) is 0.666. The molecule has 2 rings (SSSR count). The van der Waals surface area contributed by atoms with Crippen LogP contribution in [0.2, 0.25) is 0 Å². The van der Waals surface area contributed by atoms with Gasteiger partial charge in [0, 0.05) is 37.6 Å². The van der Waals surface area contributed by atoms with E-state index in [1.807, 2.05) is 0 Å². The number of aliphatic hydroxyl groups excluding tert-OH is 1. The largest absolute Gasteiger partial charge is 0.388 e. The summed E-state index contributed by atoms with van der Waals surface area (Å²) in [6, 6.07) is -1.50. The molecule has 0 aliphatic carbocycles. The highest BCUT2D eigenvalue weighted by atomic mass is 32.1. The molecule has 2 atom stereocenters. The first-order valence-electron chi connectivity index (χ1n) is 10.0. The second kappa shape index (κ2) is 11.8. The zero-order chi connectivity index (χ0) is 23.0. The van der Waals surface area contributed by atoms with Crippen LogP contribution in [0.5, 0.6) is 0 Å². The van der Waals surface area contributed by atoms with Gasteiger partial charge in [-0.1, -0.05) is 0 Å². The van der Waals surface area contributed by atoms with Gasteiger partial charge in [0.15, 0.2) is 11.3 Å². The fourth-order valence-corrected chi connectivity index (χ4v) is 3.94. The van der Waals surface area contributed by atoms with Gasteiger partial charge in [0.25, 0.3) is 0 Å². The van der Waals surface area contributed by atoms with Crippen molar-refractivity contribution in [1.29, 1.82) is 0 Å². The molecule has 2 amide bonds. The van der Waals surface area contributed by atoms with Crippen LogP contribution < -0.4 is 11.1 Å². The Kier molecular flexibility index (Phi) is 9.49. The van der Waals surface area contributed by atoms with Crippen molar-refractivity contribution in [2.75, 3.05) is 33.2 Å². The number of hydrogen-bond donors (Lipinski definition) is 4. The van der Waals surface area contributed by atoms with Crippen molar-refractivity contribution in [2.24, 2.45) is 10.7 Å². The van der Waals surface area contributed by atoms with Crippen molar-refractivity contribution < 1.29 is 24.6 Å². The predicted octanol–water partition coefficient (Wildman–Crippen LogP) is -1.19. The van der Waals surface area contributed by atoms with Crippen LogP contribution in [0.15, 0.2) is 16.6 Å². The fourth-order valence-electron chi connectivity index (χ4n) is 3.31. The minimum absolute atomic E-state index is 0.139. The van der Waals surface area contributed by atoms with Crippen LogP contribution in [0.3, 0.4) is 0 Å². The molecule has 1 aromatic rings. The maximum absolute atomic E-state index is 12.8. The molecule has 31 heavy (non-hydrogen) atoms. The first-order valence-corrected chi connectivity index (χ1v) is 10.9. The topological polar surface area (TPSA) is 161 Å². The standard InChI is InChI=1S/C19H30N6O5S/c1-12(20)21-5-3-4-13(17(29)18-22-6-9-31-18)23-15(26)11-25-8-7-24(2)14(19(25)30)10-16(27)28/h6,9,13-14,16,27-28H,3-5,7-8,10-11H2,1-2H3,(H2,20,21)(H,23,26)/t13-,14?/m0/s1. The molecule has 11 nitrogen and oxygen atoms in total. The summed E-state index contributed by atoms with van der Waals surface area (Å²) in [7, 11) is 1.72. The van der Waals surface area contributed by atoms with E-state index >= 15 is 0 Å². The lowest BCUT2D eigenvalue weighted by atomic mass is 10.1. The maximum Gasteiger partial charge on any atom is 0.240 e. The Bertz CT molecular complexity index is 781. The number of carbonyl (C=O) groups is 3. The highest BCUT2D eigenvalue weighted by molar-refractivity contribution is 7.11. The van der Waals surface area contributed by atoms with E-state index in [9.17, 15) is 24.6 Å². The molecular formula is C19H30N6O5S.